The lowest BCUT2D eigenvalue weighted by molar-refractivity contribution is -0.146. The molecule has 0 fully saturated rings. The number of nitrogens with zero attached hydrogens (tertiary/aromatic N) is 1. The van der Waals surface area contributed by atoms with Crippen molar-refractivity contribution in [3.63, 3.8) is 0 Å². The lowest BCUT2D eigenvalue weighted by Crippen LogP contribution is -2.34. The number of carboxylic acid groups (broad SMARTS) is 1. The van der Waals surface area contributed by atoms with Crippen molar-refractivity contribution in [1.82, 2.24) is 4.90 Å². The van der Waals surface area contributed by atoms with E-state index in [9.17, 15) is 18.0 Å². The number of carbonyl (C=O) groups is 1. The van der Waals surface area contributed by atoms with E-state index >= 15 is 0 Å². The summed E-state index contributed by atoms with van der Waals surface area (Å²) in [5.74, 6) is -0.847. The molecule has 7 heteroatoms. The summed E-state index contributed by atoms with van der Waals surface area (Å²) in [4.78, 5) is 12.0. The molecule has 1 unspecified atom stereocenters. The number of benzene rings is 1. The Kier molecular flexibility index (Phi) is 6.02. The van der Waals surface area contributed by atoms with Crippen molar-refractivity contribution in [2.24, 2.45) is 0 Å². The molecule has 1 N–H and O–H groups in total. The molecule has 118 valence electrons. The van der Waals surface area contributed by atoms with Gasteiger partial charge in [0.15, 0.2) is 6.10 Å². The van der Waals surface area contributed by atoms with Gasteiger partial charge in [-0.1, -0.05) is 25.1 Å². The minimum absolute atomic E-state index is 0.0402. The number of aliphatic carboxylic acids is 1. The average molecular weight is 305 g/mol. The molecule has 0 aliphatic carbocycles. The monoisotopic (exact) mass is 305 g/mol. The summed E-state index contributed by atoms with van der Waals surface area (Å²) in [5.41, 5.74) is 0.525. The third-order valence-corrected chi connectivity index (χ3v) is 2.87. The van der Waals surface area contributed by atoms with Gasteiger partial charge < -0.3 is 9.84 Å². The van der Waals surface area contributed by atoms with Gasteiger partial charge in [-0.2, -0.15) is 13.2 Å². The predicted molar refractivity (Wildman–Crippen MR) is 71.2 cm³/mol. The number of hydrogen-bond acceptors (Lipinski definition) is 3. The van der Waals surface area contributed by atoms with Crippen LogP contribution in [0.5, 0.6) is 5.75 Å². The zero-order valence-corrected chi connectivity index (χ0v) is 11.9. The van der Waals surface area contributed by atoms with Crippen molar-refractivity contribution in [2.45, 2.75) is 32.7 Å². The van der Waals surface area contributed by atoms with Gasteiger partial charge in [0.1, 0.15) is 5.75 Å². The Hall–Kier alpha value is -1.76. The van der Waals surface area contributed by atoms with Gasteiger partial charge in [0, 0.05) is 12.1 Å². The molecule has 0 amide bonds. The van der Waals surface area contributed by atoms with E-state index in [2.05, 4.69) is 0 Å². The maximum atomic E-state index is 12.5. The van der Waals surface area contributed by atoms with Gasteiger partial charge in [0.25, 0.3) is 0 Å². The predicted octanol–water partition coefficient (Wildman–Crippen LogP) is 2.92. The fraction of sp³-hybridized carbons (Fsp3) is 0.500. The SMILES string of the molecule is CCN(Cc1ccccc1OC(C)C(=O)O)CC(F)(F)F. The molecule has 0 aliphatic rings. The first-order valence-electron chi connectivity index (χ1n) is 6.49. The quantitative estimate of drug-likeness (QED) is 0.841. The Morgan fingerprint density at radius 2 is 2.00 bits per heavy atom. The summed E-state index contributed by atoms with van der Waals surface area (Å²) in [5, 5.41) is 8.83. The van der Waals surface area contributed by atoms with Crippen LogP contribution >= 0.6 is 0 Å². The van der Waals surface area contributed by atoms with Crippen LogP contribution in [-0.2, 0) is 11.3 Å². The topological polar surface area (TPSA) is 49.8 Å². The molecule has 0 saturated carbocycles. The van der Waals surface area contributed by atoms with Gasteiger partial charge in [-0.3, -0.25) is 4.90 Å². The number of para-hydroxylation sites is 1. The first-order chi connectivity index (χ1) is 9.73. The summed E-state index contributed by atoms with van der Waals surface area (Å²) in [7, 11) is 0. The Morgan fingerprint density at radius 3 is 2.52 bits per heavy atom. The Bertz CT molecular complexity index is 477. The van der Waals surface area contributed by atoms with Gasteiger partial charge in [0.2, 0.25) is 0 Å². The molecule has 0 saturated heterocycles. The summed E-state index contributed by atoms with van der Waals surface area (Å²) in [6, 6.07) is 6.50. The number of rotatable bonds is 7. The van der Waals surface area contributed by atoms with Gasteiger partial charge in [0.05, 0.1) is 6.54 Å². The molecule has 0 aromatic heterocycles. The van der Waals surface area contributed by atoms with Crippen LogP contribution in [0.2, 0.25) is 0 Å². The third-order valence-electron chi connectivity index (χ3n) is 2.87. The van der Waals surface area contributed by atoms with Gasteiger partial charge in [-0.15, -0.1) is 0 Å². The van der Waals surface area contributed by atoms with Crippen LogP contribution in [0.1, 0.15) is 19.4 Å². The molecular formula is C14H18F3NO3. The molecule has 21 heavy (non-hydrogen) atoms. The summed E-state index contributed by atoms with van der Waals surface area (Å²) in [6.45, 7) is 2.24. The molecule has 1 aromatic carbocycles. The normalized spacial score (nSPS) is 13.2. The second-order valence-corrected chi connectivity index (χ2v) is 4.62. The number of carboxylic acids is 1. The van der Waals surface area contributed by atoms with Gasteiger partial charge >= 0.3 is 12.1 Å². The molecule has 0 heterocycles. The second kappa shape index (κ2) is 7.31. The molecule has 1 rings (SSSR count). The maximum absolute atomic E-state index is 12.5. The molecule has 1 aromatic rings. The first kappa shape index (κ1) is 17.3. The third kappa shape index (κ3) is 6.03. The van der Waals surface area contributed by atoms with Crippen molar-refractivity contribution >= 4 is 5.97 Å². The van der Waals surface area contributed by atoms with Crippen LogP contribution in [0.3, 0.4) is 0 Å². The highest BCUT2D eigenvalue weighted by atomic mass is 19.4. The molecular weight excluding hydrogens is 287 g/mol. The Morgan fingerprint density at radius 1 is 1.38 bits per heavy atom. The molecule has 0 spiro atoms. The van der Waals surface area contributed by atoms with E-state index in [-0.39, 0.29) is 18.8 Å². The van der Waals surface area contributed by atoms with Crippen molar-refractivity contribution in [1.29, 1.82) is 0 Å². The number of halogens is 3. The summed E-state index contributed by atoms with van der Waals surface area (Å²) in [6.07, 6.45) is -5.34. The van der Waals surface area contributed by atoms with Crippen LogP contribution in [0.25, 0.3) is 0 Å². The first-order valence-corrected chi connectivity index (χ1v) is 6.49. The Labute approximate surface area is 121 Å². The minimum atomic E-state index is -4.28. The molecule has 0 bridgehead atoms. The molecule has 1 atom stereocenters. The highest BCUT2D eigenvalue weighted by molar-refractivity contribution is 5.72. The lowest BCUT2D eigenvalue weighted by atomic mass is 10.2. The Balaban J connectivity index is 2.84. The van der Waals surface area contributed by atoms with E-state index in [1.54, 1.807) is 31.2 Å². The highest BCUT2D eigenvalue weighted by Crippen LogP contribution is 2.23. The number of alkyl halides is 3. The van der Waals surface area contributed by atoms with Crippen molar-refractivity contribution < 1.29 is 27.8 Å². The smallest absolute Gasteiger partial charge is 0.401 e. The number of ether oxygens (including phenoxy) is 1. The standard InChI is InChI=1S/C14H18F3NO3/c1-3-18(9-14(15,16)17)8-11-6-4-5-7-12(11)21-10(2)13(19)20/h4-7,10H,3,8-9H2,1-2H3,(H,19,20). The zero-order valence-electron chi connectivity index (χ0n) is 11.9. The number of hydrogen-bond donors (Lipinski definition) is 1. The van der Waals surface area contributed by atoms with Gasteiger partial charge in [-0.25, -0.2) is 4.79 Å². The van der Waals surface area contributed by atoms with Crippen LogP contribution in [0.4, 0.5) is 13.2 Å². The van der Waals surface area contributed by atoms with Crippen LogP contribution < -0.4 is 4.74 Å². The highest BCUT2D eigenvalue weighted by Gasteiger charge is 2.30. The van der Waals surface area contributed by atoms with Crippen LogP contribution in [-0.4, -0.2) is 41.3 Å². The van der Waals surface area contributed by atoms with E-state index in [1.807, 2.05) is 0 Å². The van der Waals surface area contributed by atoms with E-state index in [0.29, 0.717) is 5.56 Å². The van der Waals surface area contributed by atoms with Crippen LogP contribution in [0, 0.1) is 0 Å². The lowest BCUT2D eigenvalue weighted by Gasteiger charge is -2.23. The summed E-state index contributed by atoms with van der Waals surface area (Å²) >= 11 is 0. The fourth-order valence-electron chi connectivity index (χ4n) is 1.76. The molecule has 0 radical (unpaired) electrons. The minimum Gasteiger partial charge on any atom is -0.479 e. The van der Waals surface area contributed by atoms with E-state index in [0.717, 1.165) is 0 Å². The van der Waals surface area contributed by atoms with E-state index in [1.165, 1.54) is 11.8 Å². The largest absolute Gasteiger partial charge is 0.479 e. The maximum Gasteiger partial charge on any atom is 0.401 e. The fourth-order valence-corrected chi connectivity index (χ4v) is 1.76. The zero-order chi connectivity index (χ0) is 16.0. The van der Waals surface area contributed by atoms with Crippen molar-refractivity contribution in [3.05, 3.63) is 29.8 Å². The average Bonchev–Trinajstić information content (AvgIpc) is 2.38. The van der Waals surface area contributed by atoms with E-state index in [4.69, 9.17) is 9.84 Å². The molecule has 4 nitrogen and oxygen atoms in total. The second-order valence-electron chi connectivity index (χ2n) is 4.62. The summed E-state index contributed by atoms with van der Waals surface area (Å²) < 4.78 is 42.7. The van der Waals surface area contributed by atoms with E-state index < -0.39 is 24.8 Å². The molecule has 0 aliphatic heterocycles. The van der Waals surface area contributed by atoms with Gasteiger partial charge in [-0.05, 0) is 19.5 Å². The van der Waals surface area contributed by atoms with Crippen molar-refractivity contribution in [2.75, 3.05) is 13.1 Å². The van der Waals surface area contributed by atoms with Crippen molar-refractivity contribution in [3.8, 4) is 5.75 Å². The van der Waals surface area contributed by atoms with Crippen LogP contribution in [0.15, 0.2) is 24.3 Å².